The van der Waals surface area contributed by atoms with Crippen LogP contribution in [-0.4, -0.2) is 50.1 Å². The minimum Gasteiger partial charge on any atom is -0.445 e. The molecule has 0 aliphatic carbocycles. The van der Waals surface area contributed by atoms with E-state index in [2.05, 4.69) is 17.2 Å². The second kappa shape index (κ2) is 11.6. The fourth-order valence-electron chi connectivity index (χ4n) is 3.44. The van der Waals surface area contributed by atoms with Crippen LogP contribution in [0.2, 0.25) is 0 Å². The van der Waals surface area contributed by atoms with Crippen molar-refractivity contribution in [2.75, 3.05) is 12.8 Å². The van der Waals surface area contributed by atoms with Crippen molar-refractivity contribution in [3.63, 3.8) is 0 Å². The number of allylic oxidation sites excluding steroid dienone is 1. The van der Waals surface area contributed by atoms with E-state index in [1.54, 1.807) is 19.1 Å². The SMILES string of the molecule is C=C(C)c1cc(COC(=O)NCC(O)C(Cc2ccccc2)NC(C)(C)C)cc(S(C)(=O)=O)c1. The van der Waals surface area contributed by atoms with E-state index in [9.17, 15) is 18.3 Å². The second-order valence-corrected chi connectivity index (χ2v) is 11.6. The van der Waals surface area contributed by atoms with E-state index < -0.39 is 22.0 Å². The molecule has 2 aromatic carbocycles. The summed E-state index contributed by atoms with van der Waals surface area (Å²) in [5, 5.41) is 16.8. The molecule has 0 bridgehead atoms. The molecule has 2 unspecified atom stereocenters. The number of carbonyl (C=O) groups is 1. The van der Waals surface area contributed by atoms with Crippen LogP contribution < -0.4 is 10.6 Å². The van der Waals surface area contributed by atoms with Gasteiger partial charge in [-0.1, -0.05) is 42.5 Å². The Morgan fingerprint density at radius 3 is 2.32 bits per heavy atom. The lowest BCUT2D eigenvalue weighted by Crippen LogP contribution is -2.53. The van der Waals surface area contributed by atoms with Crippen molar-refractivity contribution < 1.29 is 23.1 Å². The standard InChI is InChI=1S/C26H36N2O5S/c1-18(2)21-12-20(13-22(15-21)34(6,31)32)17-33-25(30)27-16-24(29)23(28-26(3,4)5)14-19-10-8-7-9-11-19/h7-13,15,23-24,28-29H,1,14,16-17H2,2-6H3,(H,27,30). The molecule has 34 heavy (non-hydrogen) atoms. The Morgan fingerprint density at radius 1 is 1.12 bits per heavy atom. The zero-order valence-corrected chi connectivity index (χ0v) is 21.4. The maximum Gasteiger partial charge on any atom is 0.407 e. The van der Waals surface area contributed by atoms with Gasteiger partial charge in [0.15, 0.2) is 9.84 Å². The average Bonchev–Trinajstić information content (AvgIpc) is 2.74. The number of amides is 1. The Kier molecular flexibility index (Phi) is 9.44. The van der Waals surface area contributed by atoms with Crippen molar-refractivity contribution in [2.24, 2.45) is 0 Å². The highest BCUT2D eigenvalue weighted by Gasteiger charge is 2.25. The van der Waals surface area contributed by atoms with Crippen LogP contribution >= 0.6 is 0 Å². The second-order valence-electron chi connectivity index (χ2n) is 9.63. The van der Waals surface area contributed by atoms with Crippen molar-refractivity contribution in [3.8, 4) is 0 Å². The van der Waals surface area contributed by atoms with Gasteiger partial charge in [-0.3, -0.25) is 0 Å². The highest BCUT2D eigenvalue weighted by Crippen LogP contribution is 2.21. The monoisotopic (exact) mass is 488 g/mol. The van der Waals surface area contributed by atoms with Crippen LogP contribution in [0.15, 0.2) is 60.0 Å². The Balaban J connectivity index is 2.00. The number of aliphatic hydroxyl groups is 1. The summed E-state index contributed by atoms with van der Waals surface area (Å²) in [6.45, 7) is 11.6. The predicted molar refractivity (Wildman–Crippen MR) is 135 cm³/mol. The summed E-state index contributed by atoms with van der Waals surface area (Å²) in [4.78, 5) is 12.4. The minimum absolute atomic E-state index is 0.000190. The molecule has 0 saturated carbocycles. The van der Waals surface area contributed by atoms with Gasteiger partial charge in [-0.15, -0.1) is 0 Å². The first-order valence-electron chi connectivity index (χ1n) is 11.1. The van der Waals surface area contributed by atoms with Gasteiger partial charge in [0.05, 0.1) is 11.0 Å². The van der Waals surface area contributed by atoms with E-state index in [1.165, 1.54) is 6.07 Å². The molecule has 7 nitrogen and oxygen atoms in total. The van der Waals surface area contributed by atoms with Gasteiger partial charge in [-0.05, 0) is 69.0 Å². The predicted octanol–water partition coefficient (Wildman–Crippen LogP) is 3.71. The fraction of sp³-hybridized carbons (Fsp3) is 0.423. The van der Waals surface area contributed by atoms with E-state index in [0.29, 0.717) is 23.1 Å². The number of rotatable bonds is 10. The van der Waals surface area contributed by atoms with Crippen molar-refractivity contribution in [1.29, 1.82) is 0 Å². The molecular weight excluding hydrogens is 452 g/mol. The molecule has 0 saturated heterocycles. The number of aliphatic hydroxyl groups excluding tert-OH is 1. The number of ether oxygens (including phenoxy) is 1. The molecule has 0 aliphatic heterocycles. The molecule has 8 heteroatoms. The summed E-state index contributed by atoms with van der Waals surface area (Å²) in [5.74, 6) is 0. The zero-order chi connectivity index (χ0) is 25.5. The summed E-state index contributed by atoms with van der Waals surface area (Å²) in [6, 6.07) is 14.3. The van der Waals surface area contributed by atoms with Crippen molar-refractivity contribution in [3.05, 3.63) is 71.8 Å². The molecular formula is C26H36N2O5S. The molecule has 2 atom stereocenters. The Labute approximate surface area is 203 Å². The highest BCUT2D eigenvalue weighted by molar-refractivity contribution is 7.90. The van der Waals surface area contributed by atoms with Crippen LogP contribution in [0.25, 0.3) is 5.57 Å². The molecule has 0 fully saturated rings. The molecule has 0 heterocycles. The molecule has 3 N–H and O–H groups in total. The van der Waals surface area contributed by atoms with Crippen LogP contribution in [0.3, 0.4) is 0 Å². The maximum absolute atomic E-state index is 12.3. The van der Waals surface area contributed by atoms with Gasteiger partial charge in [-0.25, -0.2) is 13.2 Å². The normalized spacial score (nSPS) is 13.7. The van der Waals surface area contributed by atoms with Crippen LogP contribution in [-0.2, 0) is 27.6 Å². The van der Waals surface area contributed by atoms with Crippen LogP contribution in [0.1, 0.15) is 44.4 Å². The number of benzene rings is 2. The molecule has 186 valence electrons. The van der Waals surface area contributed by atoms with Gasteiger partial charge >= 0.3 is 6.09 Å². The van der Waals surface area contributed by atoms with Gasteiger partial charge in [-0.2, -0.15) is 0 Å². The maximum atomic E-state index is 12.3. The van der Waals surface area contributed by atoms with Gasteiger partial charge in [0, 0.05) is 24.4 Å². The summed E-state index contributed by atoms with van der Waals surface area (Å²) < 4.78 is 29.2. The van der Waals surface area contributed by atoms with E-state index in [0.717, 1.165) is 11.8 Å². The van der Waals surface area contributed by atoms with Gasteiger partial charge in [0.1, 0.15) is 6.61 Å². The molecule has 0 radical (unpaired) electrons. The lowest BCUT2D eigenvalue weighted by Gasteiger charge is -2.32. The number of alkyl carbamates (subject to hydrolysis) is 1. The lowest BCUT2D eigenvalue weighted by molar-refractivity contribution is 0.0991. The number of hydrogen-bond donors (Lipinski definition) is 3. The minimum atomic E-state index is -3.43. The Bertz CT molecular complexity index is 1090. The number of nitrogens with one attached hydrogen (secondary N) is 2. The van der Waals surface area contributed by atoms with Crippen LogP contribution in [0, 0.1) is 0 Å². The Hall–Kier alpha value is -2.68. The van der Waals surface area contributed by atoms with Crippen molar-refractivity contribution in [1.82, 2.24) is 10.6 Å². The first kappa shape index (κ1) is 27.6. The zero-order valence-electron chi connectivity index (χ0n) is 20.6. The van der Waals surface area contributed by atoms with Gasteiger partial charge in [0.25, 0.3) is 0 Å². The van der Waals surface area contributed by atoms with E-state index in [-0.39, 0.29) is 29.6 Å². The molecule has 1 amide bonds. The summed E-state index contributed by atoms with van der Waals surface area (Å²) in [7, 11) is -3.43. The largest absolute Gasteiger partial charge is 0.445 e. The first-order chi connectivity index (χ1) is 15.7. The number of hydrogen-bond acceptors (Lipinski definition) is 6. The third-order valence-electron chi connectivity index (χ3n) is 5.09. The number of carbonyl (C=O) groups excluding carboxylic acids is 1. The summed E-state index contributed by atoms with van der Waals surface area (Å²) >= 11 is 0. The topological polar surface area (TPSA) is 105 Å². The quantitative estimate of drug-likeness (QED) is 0.471. The molecule has 0 aromatic heterocycles. The summed E-state index contributed by atoms with van der Waals surface area (Å²) in [5.41, 5.74) is 2.74. The van der Waals surface area contributed by atoms with E-state index in [1.807, 2.05) is 51.1 Å². The van der Waals surface area contributed by atoms with Gasteiger partial charge in [0.2, 0.25) is 0 Å². The molecule has 2 aromatic rings. The van der Waals surface area contributed by atoms with E-state index >= 15 is 0 Å². The molecule has 0 spiro atoms. The number of sulfone groups is 1. The van der Waals surface area contributed by atoms with Crippen LogP contribution in [0.4, 0.5) is 4.79 Å². The molecule has 0 aliphatic rings. The molecule has 2 rings (SSSR count). The van der Waals surface area contributed by atoms with E-state index in [4.69, 9.17) is 4.74 Å². The smallest absolute Gasteiger partial charge is 0.407 e. The third kappa shape index (κ3) is 9.29. The Morgan fingerprint density at radius 2 is 1.76 bits per heavy atom. The third-order valence-corrected chi connectivity index (χ3v) is 6.19. The van der Waals surface area contributed by atoms with Crippen molar-refractivity contribution >= 4 is 21.5 Å². The summed E-state index contributed by atoms with van der Waals surface area (Å²) in [6.07, 6.45) is 0.170. The van der Waals surface area contributed by atoms with Crippen molar-refractivity contribution in [2.45, 2.75) is 63.3 Å². The lowest BCUT2D eigenvalue weighted by atomic mass is 9.97. The first-order valence-corrected chi connectivity index (χ1v) is 13.0. The van der Waals surface area contributed by atoms with Crippen LogP contribution in [0.5, 0.6) is 0 Å². The average molecular weight is 489 g/mol. The highest BCUT2D eigenvalue weighted by atomic mass is 32.2. The van der Waals surface area contributed by atoms with Gasteiger partial charge < -0.3 is 20.5 Å². The fourth-order valence-corrected chi connectivity index (χ4v) is 4.15.